The van der Waals surface area contributed by atoms with Crippen molar-refractivity contribution >= 4 is 37.1 Å². The number of phenols is 1. The number of rotatable bonds is 8. The monoisotopic (exact) mass is 437 g/mol. The quantitative estimate of drug-likeness (QED) is 0.129. The molecule has 0 heterocycles. The SMILES string of the molecule is Cl.NCc1ccc(/C(=N/O)C(=O)N[C@@H](Cc2cccc(C(=O)O)c2O)B(O)O)cc1. The number of hydrogen-bond donors (Lipinski definition) is 7. The van der Waals surface area contributed by atoms with Crippen LogP contribution in [0.25, 0.3) is 0 Å². The molecule has 0 aliphatic carbocycles. The minimum atomic E-state index is -2.04. The molecule has 0 aliphatic heterocycles. The summed E-state index contributed by atoms with van der Waals surface area (Å²) in [6.07, 6.45) is -0.290. The second-order valence-corrected chi connectivity index (χ2v) is 6.17. The lowest BCUT2D eigenvalue weighted by molar-refractivity contribution is -0.115. The van der Waals surface area contributed by atoms with E-state index in [0.717, 1.165) is 5.56 Å². The summed E-state index contributed by atoms with van der Waals surface area (Å²) in [6, 6.07) is 10.3. The fourth-order valence-corrected chi connectivity index (χ4v) is 2.67. The maximum Gasteiger partial charge on any atom is 0.475 e. The van der Waals surface area contributed by atoms with Crippen LogP contribution in [0.15, 0.2) is 47.6 Å². The van der Waals surface area contributed by atoms with Gasteiger partial charge in [-0.3, -0.25) is 4.79 Å². The molecule has 0 radical (unpaired) electrons. The molecule has 0 fully saturated rings. The molecule has 12 heteroatoms. The van der Waals surface area contributed by atoms with E-state index in [1.807, 2.05) is 0 Å². The zero-order valence-electron chi connectivity index (χ0n) is 15.6. The van der Waals surface area contributed by atoms with E-state index in [2.05, 4.69) is 10.5 Å². The van der Waals surface area contributed by atoms with Crippen LogP contribution in [0.5, 0.6) is 5.75 Å². The first kappa shape index (κ1) is 24.9. The van der Waals surface area contributed by atoms with Crippen LogP contribution in [-0.2, 0) is 17.8 Å². The summed E-state index contributed by atoms with van der Waals surface area (Å²) < 4.78 is 0. The van der Waals surface area contributed by atoms with Gasteiger partial charge in [0.1, 0.15) is 11.3 Å². The van der Waals surface area contributed by atoms with Crippen molar-refractivity contribution in [1.82, 2.24) is 5.32 Å². The highest BCUT2D eigenvalue weighted by Crippen LogP contribution is 2.24. The summed E-state index contributed by atoms with van der Waals surface area (Å²) in [7, 11) is -2.04. The molecule has 0 unspecified atom stereocenters. The van der Waals surface area contributed by atoms with Crippen molar-refractivity contribution in [1.29, 1.82) is 0 Å². The van der Waals surface area contributed by atoms with Gasteiger partial charge >= 0.3 is 13.1 Å². The summed E-state index contributed by atoms with van der Waals surface area (Å²) in [5.74, 6) is -4.13. The molecular weight excluding hydrogens is 416 g/mol. The van der Waals surface area contributed by atoms with E-state index in [1.165, 1.54) is 30.3 Å². The summed E-state index contributed by atoms with van der Waals surface area (Å²) in [4.78, 5) is 23.6. The number of carbonyl (C=O) groups excluding carboxylic acids is 1. The number of para-hydroxylation sites is 1. The van der Waals surface area contributed by atoms with Gasteiger partial charge in [0.25, 0.3) is 5.91 Å². The summed E-state index contributed by atoms with van der Waals surface area (Å²) in [6.45, 7) is 0.287. The van der Waals surface area contributed by atoms with Gasteiger partial charge in [-0.15, -0.1) is 12.4 Å². The van der Waals surface area contributed by atoms with Crippen molar-refractivity contribution in [3.05, 3.63) is 64.7 Å². The number of aromatic hydroxyl groups is 1. The van der Waals surface area contributed by atoms with Crippen LogP contribution in [0.1, 0.15) is 27.0 Å². The van der Waals surface area contributed by atoms with Crippen LogP contribution in [0.3, 0.4) is 0 Å². The Kier molecular flexibility index (Phi) is 9.28. The van der Waals surface area contributed by atoms with Gasteiger partial charge in [-0.2, -0.15) is 0 Å². The molecule has 160 valence electrons. The Balaban J connectivity index is 0.00000450. The third kappa shape index (κ3) is 5.94. The summed E-state index contributed by atoms with van der Waals surface area (Å²) in [5.41, 5.74) is 5.92. The number of carboxylic acids is 1. The highest BCUT2D eigenvalue weighted by Gasteiger charge is 2.29. The van der Waals surface area contributed by atoms with Crippen LogP contribution in [-0.4, -0.2) is 56.1 Å². The van der Waals surface area contributed by atoms with Crippen LogP contribution in [0, 0.1) is 0 Å². The molecule has 2 aromatic carbocycles. The Morgan fingerprint density at radius 2 is 1.77 bits per heavy atom. The highest BCUT2D eigenvalue weighted by molar-refractivity contribution is 6.48. The van der Waals surface area contributed by atoms with Gasteiger partial charge in [-0.05, 0) is 23.6 Å². The van der Waals surface area contributed by atoms with Crippen molar-refractivity contribution in [2.75, 3.05) is 0 Å². The maximum atomic E-state index is 12.5. The van der Waals surface area contributed by atoms with E-state index in [0.29, 0.717) is 0 Å². The third-order valence-corrected chi connectivity index (χ3v) is 4.24. The standard InChI is InChI=1S/C18H20BN3O7.ClH/c20-9-10-4-6-11(7-5-10)15(22-29)17(24)21-14(19(27)28)8-12-2-1-3-13(16(12)23)18(25)26;/h1-7,14,23,27-29H,8-9,20H2,(H,21,24)(H,25,26);1H/b22-15-;/t14-;/m0./s1. The molecular formula is C18H21BClN3O7. The lowest BCUT2D eigenvalue weighted by Gasteiger charge is -2.19. The van der Waals surface area contributed by atoms with E-state index < -0.39 is 30.7 Å². The van der Waals surface area contributed by atoms with Crippen LogP contribution < -0.4 is 11.1 Å². The largest absolute Gasteiger partial charge is 0.507 e. The van der Waals surface area contributed by atoms with Crippen molar-refractivity contribution in [3.8, 4) is 5.75 Å². The lowest BCUT2D eigenvalue weighted by atomic mass is 9.75. The van der Waals surface area contributed by atoms with E-state index in [-0.39, 0.29) is 47.8 Å². The number of nitrogens with two attached hydrogens (primary N) is 1. The molecule has 0 aromatic heterocycles. The molecule has 0 saturated carbocycles. The molecule has 1 atom stereocenters. The van der Waals surface area contributed by atoms with Gasteiger partial charge in [0.15, 0.2) is 5.71 Å². The molecule has 0 bridgehead atoms. The zero-order chi connectivity index (χ0) is 21.6. The van der Waals surface area contributed by atoms with Crippen molar-refractivity contribution in [2.45, 2.75) is 18.9 Å². The Labute approximate surface area is 178 Å². The molecule has 0 aliphatic rings. The van der Waals surface area contributed by atoms with Crippen molar-refractivity contribution in [3.63, 3.8) is 0 Å². The van der Waals surface area contributed by atoms with Crippen LogP contribution in [0.4, 0.5) is 0 Å². The van der Waals surface area contributed by atoms with Crippen LogP contribution >= 0.6 is 12.4 Å². The molecule has 2 aromatic rings. The van der Waals surface area contributed by atoms with E-state index >= 15 is 0 Å². The second kappa shape index (κ2) is 11.2. The molecule has 10 nitrogen and oxygen atoms in total. The fourth-order valence-electron chi connectivity index (χ4n) is 2.67. The summed E-state index contributed by atoms with van der Waals surface area (Å²) in [5, 5.41) is 52.9. The smallest absolute Gasteiger partial charge is 0.475 e. The van der Waals surface area contributed by atoms with E-state index in [9.17, 15) is 30.0 Å². The Morgan fingerprint density at radius 1 is 1.13 bits per heavy atom. The van der Waals surface area contributed by atoms with Gasteiger partial charge in [0.2, 0.25) is 0 Å². The maximum absolute atomic E-state index is 12.5. The number of halogens is 1. The second-order valence-electron chi connectivity index (χ2n) is 6.17. The number of aromatic carboxylic acids is 1. The number of amides is 1. The number of benzene rings is 2. The van der Waals surface area contributed by atoms with Gasteiger partial charge in [-0.1, -0.05) is 41.6 Å². The Morgan fingerprint density at radius 3 is 2.27 bits per heavy atom. The topological polar surface area (TPSA) is 186 Å². The number of carboxylic acid groups (broad SMARTS) is 1. The molecule has 30 heavy (non-hydrogen) atoms. The average molecular weight is 438 g/mol. The number of nitrogens with one attached hydrogen (secondary N) is 1. The van der Waals surface area contributed by atoms with Crippen molar-refractivity contribution in [2.24, 2.45) is 10.9 Å². The molecule has 1 amide bonds. The minimum absolute atomic E-state index is 0. The predicted molar refractivity (Wildman–Crippen MR) is 111 cm³/mol. The van der Waals surface area contributed by atoms with Gasteiger partial charge in [0.05, 0.1) is 5.94 Å². The number of hydrogen-bond acceptors (Lipinski definition) is 8. The fraction of sp³-hybridized carbons (Fsp3) is 0.167. The third-order valence-electron chi connectivity index (χ3n) is 4.24. The molecule has 8 N–H and O–H groups in total. The minimum Gasteiger partial charge on any atom is -0.507 e. The normalized spacial score (nSPS) is 11.9. The first-order valence-corrected chi connectivity index (χ1v) is 8.51. The highest BCUT2D eigenvalue weighted by atomic mass is 35.5. The van der Waals surface area contributed by atoms with Crippen LogP contribution in [0.2, 0.25) is 0 Å². The Bertz CT molecular complexity index is 922. The zero-order valence-corrected chi connectivity index (χ0v) is 16.4. The first-order chi connectivity index (χ1) is 13.8. The number of nitrogens with zero attached hydrogens (tertiary/aromatic N) is 1. The first-order valence-electron chi connectivity index (χ1n) is 8.51. The summed E-state index contributed by atoms with van der Waals surface area (Å²) >= 11 is 0. The van der Waals surface area contributed by atoms with Gasteiger partial charge in [0, 0.05) is 12.1 Å². The lowest BCUT2D eigenvalue weighted by Crippen LogP contribution is -2.50. The van der Waals surface area contributed by atoms with E-state index in [1.54, 1.807) is 12.1 Å². The van der Waals surface area contributed by atoms with Crippen molar-refractivity contribution < 1.29 is 35.1 Å². The molecule has 0 saturated heterocycles. The van der Waals surface area contributed by atoms with E-state index in [4.69, 9.17) is 10.8 Å². The molecule has 0 spiro atoms. The molecule has 2 rings (SSSR count). The predicted octanol–water partition coefficient (Wildman–Crippen LogP) is -0.111. The number of carbonyl (C=O) groups is 2. The Hall–Kier alpha value is -3.12. The van der Waals surface area contributed by atoms with Gasteiger partial charge < -0.3 is 36.5 Å². The average Bonchev–Trinajstić information content (AvgIpc) is 2.69. The number of oxime groups is 1. The van der Waals surface area contributed by atoms with Gasteiger partial charge in [-0.25, -0.2) is 4.79 Å².